The predicted molar refractivity (Wildman–Crippen MR) is 84.8 cm³/mol. The molecule has 2 heterocycles. The van der Waals surface area contributed by atoms with Crippen molar-refractivity contribution in [1.82, 2.24) is 15.1 Å². The van der Waals surface area contributed by atoms with Crippen LogP contribution in [0.25, 0.3) is 0 Å². The number of rotatable bonds is 4. The van der Waals surface area contributed by atoms with E-state index in [1.165, 1.54) is 19.3 Å². The van der Waals surface area contributed by atoms with E-state index in [0.29, 0.717) is 0 Å². The molecule has 1 aromatic heterocycles. The predicted octanol–water partition coefficient (Wildman–Crippen LogP) is 2.91. The van der Waals surface area contributed by atoms with Crippen LogP contribution in [0, 0.1) is 0 Å². The number of urea groups is 1. The zero-order chi connectivity index (χ0) is 15.4. The van der Waals surface area contributed by atoms with Crippen LogP contribution in [-0.4, -0.2) is 34.1 Å². The van der Waals surface area contributed by atoms with E-state index in [1.54, 1.807) is 6.20 Å². The molecule has 1 unspecified atom stereocenters. The highest BCUT2D eigenvalue weighted by atomic mass is 16.5. The monoisotopic (exact) mass is 306 g/mol. The van der Waals surface area contributed by atoms with Crippen molar-refractivity contribution < 1.29 is 9.53 Å². The molecule has 6 nitrogen and oxygen atoms in total. The number of hydrogen-bond donors (Lipinski definition) is 2. The Labute approximate surface area is 131 Å². The van der Waals surface area contributed by atoms with Crippen molar-refractivity contribution in [2.24, 2.45) is 0 Å². The van der Waals surface area contributed by atoms with Crippen molar-refractivity contribution >= 4 is 11.7 Å². The molecule has 0 spiro atoms. The van der Waals surface area contributed by atoms with Crippen LogP contribution in [0.4, 0.5) is 10.5 Å². The van der Waals surface area contributed by atoms with Crippen molar-refractivity contribution in [3.05, 3.63) is 12.4 Å². The van der Waals surface area contributed by atoms with Gasteiger partial charge in [0.2, 0.25) is 0 Å². The summed E-state index contributed by atoms with van der Waals surface area (Å²) in [4.78, 5) is 12.2. The van der Waals surface area contributed by atoms with Crippen molar-refractivity contribution in [2.75, 3.05) is 11.9 Å². The van der Waals surface area contributed by atoms with E-state index in [4.69, 9.17) is 4.74 Å². The van der Waals surface area contributed by atoms with Gasteiger partial charge < -0.3 is 15.4 Å². The van der Waals surface area contributed by atoms with Gasteiger partial charge in [0.05, 0.1) is 24.5 Å². The number of anilines is 1. The average Bonchev–Trinajstić information content (AvgIpc) is 3.11. The molecule has 0 bridgehead atoms. The number of carbonyl (C=O) groups is 1. The Kier molecular flexibility index (Phi) is 4.66. The molecule has 0 aromatic carbocycles. The lowest BCUT2D eigenvalue weighted by Crippen LogP contribution is -2.48. The van der Waals surface area contributed by atoms with Crippen LogP contribution in [-0.2, 0) is 11.3 Å². The Bertz CT molecular complexity index is 502. The molecule has 3 rings (SSSR count). The quantitative estimate of drug-likeness (QED) is 0.898. The third-order valence-electron chi connectivity index (χ3n) is 4.68. The van der Waals surface area contributed by atoms with Crippen LogP contribution in [0.5, 0.6) is 0 Å². The molecule has 2 aliphatic rings. The molecular weight excluding hydrogens is 280 g/mol. The van der Waals surface area contributed by atoms with E-state index in [0.717, 1.165) is 44.5 Å². The van der Waals surface area contributed by atoms with Gasteiger partial charge in [0.1, 0.15) is 0 Å². The summed E-state index contributed by atoms with van der Waals surface area (Å²) in [6, 6.07) is -0.138. The molecule has 2 N–H and O–H groups in total. The first kappa shape index (κ1) is 15.3. The van der Waals surface area contributed by atoms with Gasteiger partial charge in [-0.15, -0.1) is 0 Å². The summed E-state index contributed by atoms with van der Waals surface area (Å²) < 4.78 is 7.44. The summed E-state index contributed by atoms with van der Waals surface area (Å²) in [5, 5.41) is 10.3. The number of hydrogen-bond acceptors (Lipinski definition) is 3. The number of ether oxygens (including phenoxy) is 1. The summed E-state index contributed by atoms with van der Waals surface area (Å²) in [7, 11) is 0. The molecule has 2 fully saturated rings. The van der Waals surface area contributed by atoms with Gasteiger partial charge >= 0.3 is 6.03 Å². The summed E-state index contributed by atoms with van der Waals surface area (Å²) in [6.45, 7) is 3.73. The van der Waals surface area contributed by atoms with E-state index in [-0.39, 0.29) is 17.7 Å². The van der Waals surface area contributed by atoms with Crippen molar-refractivity contribution in [3.8, 4) is 0 Å². The van der Waals surface area contributed by atoms with Gasteiger partial charge in [-0.1, -0.05) is 19.3 Å². The fraction of sp³-hybridized carbons (Fsp3) is 0.750. The van der Waals surface area contributed by atoms with E-state index in [9.17, 15) is 4.79 Å². The van der Waals surface area contributed by atoms with Gasteiger partial charge in [0.15, 0.2) is 0 Å². The number of amides is 2. The standard InChI is InChI=1S/C16H26N4O2/c1-16(7-3-2-4-8-16)19-15(21)18-13-10-17-20(11-13)12-14-6-5-9-22-14/h10-11,14H,2-9,12H2,1H3,(H2,18,19,21). The minimum absolute atomic E-state index is 0.0734. The van der Waals surface area contributed by atoms with E-state index >= 15 is 0 Å². The summed E-state index contributed by atoms with van der Waals surface area (Å²) in [6.07, 6.45) is 11.8. The maximum Gasteiger partial charge on any atom is 0.319 e. The van der Waals surface area contributed by atoms with Crippen LogP contribution in [0.1, 0.15) is 51.9 Å². The highest BCUT2D eigenvalue weighted by Crippen LogP contribution is 2.27. The van der Waals surface area contributed by atoms with Crippen LogP contribution in [0.3, 0.4) is 0 Å². The lowest BCUT2D eigenvalue weighted by Gasteiger charge is -2.34. The highest BCUT2D eigenvalue weighted by Gasteiger charge is 2.28. The van der Waals surface area contributed by atoms with Gasteiger partial charge in [-0.2, -0.15) is 5.10 Å². The van der Waals surface area contributed by atoms with Gasteiger partial charge in [-0.05, 0) is 32.6 Å². The highest BCUT2D eigenvalue weighted by molar-refractivity contribution is 5.89. The molecule has 1 saturated heterocycles. The minimum Gasteiger partial charge on any atom is -0.376 e. The van der Waals surface area contributed by atoms with Crippen molar-refractivity contribution in [3.63, 3.8) is 0 Å². The van der Waals surface area contributed by atoms with Crippen LogP contribution in [0.2, 0.25) is 0 Å². The normalized spacial score (nSPS) is 24.1. The molecule has 22 heavy (non-hydrogen) atoms. The van der Waals surface area contributed by atoms with Crippen LogP contribution in [0.15, 0.2) is 12.4 Å². The number of aromatic nitrogens is 2. The molecule has 1 aliphatic carbocycles. The van der Waals surface area contributed by atoms with Crippen molar-refractivity contribution in [2.45, 2.75) is 70.1 Å². The SMILES string of the molecule is CC1(NC(=O)Nc2cnn(CC3CCCO3)c2)CCCCC1. The van der Waals surface area contributed by atoms with Gasteiger partial charge in [0, 0.05) is 18.3 Å². The Balaban J connectivity index is 1.49. The number of nitrogens with zero attached hydrogens (tertiary/aromatic N) is 2. The fourth-order valence-electron chi connectivity index (χ4n) is 3.42. The molecule has 6 heteroatoms. The van der Waals surface area contributed by atoms with E-state index in [1.807, 2.05) is 10.9 Å². The maximum atomic E-state index is 12.2. The molecule has 1 aromatic rings. The molecule has 2 amide bonds. The van der Waals surface area contributed by atoms with Crippen LogP contribution >= 0.6 is 0 Å². The Morgan fingerprint density at radius 2 is 2.23 bits per heavy atom. The number of carbonyl (C=O) groups excluding carboxylic acids is 1. The second-order valence-corrected chi connectivity index (χ2v) is 6.79. The van der Waals surface area contributed by atoms with Crippen molar-refractivity contribution in [1.29, 1.82) is 0 Å². The lowest BCUT2D eigenvalue weighted by molar-refractivity contribution is 0.0940. The first-order chi connectivity index (χ1) is 10.6. The summed E-state index contributed by atoms with van der Waals surface area (Å²) in [5.41, 5.74) is 0.658. The lowest BCUT2D eigenvalue weighted by atomic mass is 9.83. The average molecular weight is 306 g/mol. The second kappa shape index (κ2) is 6.69. The van der Waals surface area contributed by atoms with Gasteiger partial charge in [0.25, 0.3) is 0 Å². The molecule has 1 saturated carbocycles. The zero-order valence-electron chi connectivity index (χ0n) is 13.3. The largest absolute Gasteiger partial charge is 0.376 e. The summed E-state index contributed by atoms with van der Waals surface area (Å²) >= 11 is 0. The minimum atomic E-state index is -0.138. The Morgan fingerprint density at radius 1 is 1.41 bits per heavy atom. The first-order valence-electron chi connectivity index (χ1n) is 8.36. The molecule has 1 atom stereocenters. The number of nitrogens with one attached hydrogen (secondary N) is 2. The first-order valence-corrected chi connectivity index (χ1v) is 8.36. The Hall–Kier alpha value is -1.56. The Morgan fingerprint density at radius 3 is 2.95 bits per heavy atom. The molecule has 1 aliphatic heterocycles. The second-order valence-electron chi connectivity index (χ2n) is 6.79. The molecule has 0 radical (unpaired) electrons. The smallest absolute Gasteiger partial charge is 0.319 e. The third kappa shape index (κ3) is 4.00. The summed E-state index contributed by atoms with van der Waals surface area (Å²) in [5.74, 6) is 0. The van der Waals surface area contributed by atoms with Crippen LogP contribution < -0.4 is 10.6 Å². The zero-order valence-corrected chi connectivity index (χ0v) is 13.3. The topological polar surface area (TPSA) is 68.2 Å². The third-order valence-corrected chi connectivity index (χ3v) is 4.68. The van der Waals surface area contributed by atoms with Gasteiger partial charge in [-0.25, -0.2) is 4.79 Å². The maximum absolute atomic E-state index is 12.2. The fourth-order valence-corrected chi connectivity index (χ4v) is 3.42. The van der Waals surface area contributed by atoms with Gasteiger partial charge in [-0.3, -0.25) is 4.68 Å². The van der Waals surface area contributed by atoms with E-state index in [2.05, 4.69) is 22.7 Å². The molecular formula is C16H26N4O2. The van der Waals surface area contributed by atoms with E-state index < -0.39 is 0 Å². The molecule has 122 valence electrons.